The summed E-state index contributed by atoms with van der Waals surface area (Å²) in [7, 11) is 0. The van der Waals surface area contributed by atoms with Gasteiger partial charge < -0.3 is 5.32 Å². The van der Waals surface area contributed by atoms with E-state index in [1.54, 1.807) is 12.1 Å². The Morgan fingerprint density at radius 1 is 0.917 bits per heavy atom. The van der Waals surface area contributed by atoms with Gasteiger partial charge in [0.25, 0.3) is 0 Å². The quantitative estimate of drug-likeness (QED) is 0.884. The van der Waals surface area contributed by atoms with E-state index >= 15 is 0 Å². The molecule has 2 aromatic rings. The van der Waals surface area contributed by atoms with Crippen LogP contribution >= 0.6 is 0 Å². The predicted octanol–water partition coefficient (Wildman–Crippen LogP) is 4.65. The highest BCUT2D eigenvalue weighted by Crippen LogP contribution is 2.35. The van der Waals surface area contributed by atoms with E-state index in [4.69, 9.17) is 0 Å². The Bertz CT molecular complexity index is 673. The first-order valence-corrected chi connectivity index (χ1v) is 9.09. The Morgan fingerprint density at radius 3 is 2.54 bits per heavy atom. The number of halogens is 1. The molecule has 1 N–H and O–H groups in total. The third kappa shape index (κ3) is 3.32. The maximum absolute atomic E-state index is 14.1. The van der Waals surface area contributed by atoms with E-state index in [0.29, 0.717) is 18.0 Å². The van der Waals surface area contributed by atoms with Gasteiger partial charge >= 0.3 is 0 Å². The largest absolute Gasteiger partial charge is 0.382 e. The molecular weight excluding hydrogens is 299 g/mol. The lowest BCUT2D eigenvalue weighted by Crippen LogP contribution is -2.50. The molecule has 2 heterocycles. The molecule has 0 radical (unpaired) electrons. The van der Waals surface area contributed by atoms with Crippen LogP contribution in [-0.2, 0) is 0 Å². The Hall–Kier alpha value is -1.87. The highest BCUT2D eigenvalue weighted by atomic mass is 19.1. The molecule has 0 bridgehead atoms. The molecule has 3 atom stereocenters. The van der Waals surface area contributed by atoms with Gasteiger partial charge in [-0.1, -0.05) is 36.4 Å². The second kappa shape index (κ2) is 6.94. The molecule has 2 fully saturated rings. The van der Waals surface area contributed by atoms with Crippen LogP contribution in [0.25, 0.3) is 0 Å². The number of hydrogen-bond acceptors (Lipinski definition) is 2. The van der Waals surface area contributed by atoms with Gasteiger partial charge in [-0.2, -0.15) is 0 Å². The zero-order valence-electron chi connectivity index (χ0n) is 14.0. The highest BCUT2D eigenvalue weighted by molar-refractivity contribution is 5.43. The average Bonchev–Trinajstić information content (AvgIpc) is 2.63. The maximum atomic E-state index is 14.1. The number of hydrogen-bond donors (Lipinski definition) is 1. The number of nitrogens with one attached hydrogen (secondary N) is 1. The van der Waals surface area contributed by atoms with Gasteiger partial charge in [0.15, 0.2) is 0 Å². The predicted molar refractivity (Wildman–Crippen MR) is 96.8 cm³/mol. The fourth-order valence-corrected chi connectivity index (χ4v) is 4.37. The summed E-state index contributed by atoms with van der Waals surface area (Å²) in [6, 6.07) is 19.0. The van der Waals surface area contributed by atoms with Gasteiger partial charge in [0.2, 0.25) is 0 Å². The maximum Gasteiger partial charge on any atom is 0.126 e. The van der Waals surface area contributed by atoms with Crippen molar-refractivity contribution in [2.45, 2.75) is 43.7 Å². The number of para-hydroxylation sites is 1. The van der Waals surface area contributed by atoms with E-state index in [-0.39, 0.29) is 5.82 Å². The van der Waals surface area contributed by atoms with Crippen LogP contribution in [0.5, 0.6) is 0 Å². The first-order chi connectivity index (χ1) is 11.8. The molecule has 126 valence electrons. The van der Waals surface area contributed by atoms with Gasteiger partial charge in [-0.3, -0.25) is 4.90 Å². The van der Waals surface area contributed by atoms with Gasteiger partial charge in [-0.15, -0.1) is 0 Å². The molecule has 2 aliphatic rings. The molecule has 0 aromatic heterocycles. The van der Waals surface area contributed by atoms with Gasteiger partial charge in [-0.25, -0.2) is 4.39 Å². The van der Waals surface area contributed by atoms with Crippen molar-refractivity contribution in [1.29, 1.82) is 0 Å². The summed E-state index contributed by atoms with van der Waals surface area (Å²) in [6.07, 6.45) is 4.63. The van der Waals surface area contributed by atoms with Crippen LogP contribution in [0.3, 0.4) is 0 Å². The van der Waals surface area contributed by atoms with E-state index < -0.39 is 0 Å². The molecule has 0 amide bonds. The van der Waals surface area contributed by atoms with Crippen molar-refractivity contribution in [2.75, 3.05) is 18.4 Å². The topological polar surface area (TPSA) is 15.3 Å². The minimum Gasteiger partial charge on any atom is -0.382 e. The van der Waals surface area contributed by atoms with Gasteiger partial charge in [0.1, 0.15) is 5.82 Å². The second-order valence-electron chi connectivity index (χ2n) is 7.18. The van der Waals surface area contributed by atoms with Crippen molar-refractivity contribution in [2.24, 2.45) is 0 Å². The fraction of sp³-hybridized carbons (Fsp3) is 0.429. The van der Waals surface area contributed by atoms with E-state index in [1.807, 2.05) is 12.1 Å². The number of piperidine rings is 2. The van der Waals surface area contributed by atoms with E-state index in [9.17, 15) is 4.39 Å². The van der Waals surface area contributed by atoms with E-state index in [1.165, 1.54) is 18.5 Å². The third-order valence-electron chi connectivity index (χ3n) is 5.63. The molecule has 24 heavy (non-hydrogen) atoms. The Balaban J connectivity index is 1.38. The molecule has 3 heteroatoms. The fourth-order valence-electron chi connectivity index (χ4n) is 4.37. The Kier molecular flexibility index (Phi) is 4.52. The Morgan fingerprint density at radius 2 is 1.71 bits per heavy atom. The summed E-state index contributed by atoms with van der Waals surface area (Å²) in [5, 5.41) is 3.68. The number of rotatable bonds is 3. The molecule has 0 unspecified atom stereocenters. The number of benzene rings is 2. The van der Waals surface area contributed by atoms with E-state index in [0.717, 1.165) is 31.5 Å². The highest BCUT2D eigenvalue weighted by Gasteiger charge is 2.34. The van der Waals surface area contributed by atoms with E-state index in [2.05, 4.69) is 40.5 Å². The molecule has 2 nitrogen and oxygen atoms in total. The van der Waals surface area contributed by atoms with Gasteiger partial charge in [-0.05, 0) is 55.4 Å². The summed E-state index contributed by atoms with van der Waals surface area (Å²) in [5.41, 5.74) is 2.12. The molecule has 0 spiro atoms. The Labute approximate surface area is 143 Å². The lowest BCUT2D eigenvalue weighted by Gasteiger charge is -2.45. The molecule has 0 saturated carbocycles. The van der Waals surface area contributed by atoms with Crippen molar-refractivity contribution in [3.63, 3.8) is 0 Å². The number of nitrogens with zero attached hydrogens (tertiary/aromatic N) is 1. The van der Waals surface area contributed by atoms with Gasteiger partial charge in [0.05, 0.1) is 0 Å². The zero-order valence-corrected chi connectivity index (χ0v) is 14.0. The number of anilines is 1. The van der Waals surface area contributed by atoms with Crippen LogP contribution in [0.2, 0.25) is 0 Å². The SMILES string of the molecule is Fc1ccccc1[C@@H]1CC[C@H]2C[C@@H](Nc3ccccc3)CCN2C1. The van der Waals surface area contributed by atoms with Crippen LogP contribution in [0.4, 0.5) is 10.1 Å². The van der Waals surface area contributed by atoms with Crippen molar-refractivity contribution in [1.82, 2.24) is 4.90 Å². The van der Waals surface area contributed by atoms with Crippen LogP contribution < -0.4 is 5.32 Å². The zero-order chi connectivity index (χ0) is 16.4. The molecule has 0 aliphatic carbocycles. The van der Waals surface area contributed by atoms with Crippen LogP contribution in [0.15, 0.2) is 54.6 Å². The van der Waals surface area contributed by atoms with Crippen molar-refractivity contribution in [3.05, 3.63) is 66.0 Å². The molecular formula is C21H25FN2. The summed E-state index contributed by atoms with van der Waals surface area (Å²) in [6.45, 7) is 2.11. The van der Waals surface area contributed by atoms with Crippen LogP contribution in [0, 0.1) is 5.82 Å². The first kappa shape index (κ1) is 15.6. The van der Waals surface area contributed by atoms with Crippen LogP contribution in [-0.4, -0.2) is 30.1 Å². The smallest absolute Gasteiger partial charge is 0.126 e. The molecule has 2 aromatic carbocycles. The van der Waals surface area contributed by atoms with Crippen molar-refractivity contribution in [3.8, 4) is 0 Å². The molecule has 2 saturated heterocycles. The van der Waals surface area contributed by atoms with Crippen LogP contribution in [0.1, 0.15) is 37.2 Å². The standard InChI is InChI=1S/C21H25FN2/c22-21-9-5-4-8-20(21)16-10-11-19-14-18(12-13-24(19)15-16)23-17-6-2-1-3-7-17/h1-9,16,18-19,23H,10-15H2/t16-,18+,19+/m1/s1. The second-order valence-corrected chi connectivity index (χ2v) is 7.18. The molecule has 4 rings (SSSR count). The van der Waals surface area contributed by atoms with Gasteiger partial charge in [0, 0.05) is 30.9 Å². The first-order valence-electron chi connectivity index (χ1n) is 9.09. The minimum absolute atomic E-state index is 0.0402. The summed E-state index contributed by atoms with van der Waals surface area (Å²) >= 11 is 0. The normalized spacial score (nSPS) is 27.5. The monoisotopic (exact) mass is 324 g/mol. The summed E-state index contributed by atoms with van der Waals surface area (Å²) < 4.78 is 14.1. The van der Waals surface area contributed by atoms with Crippen molar-refractivity contribution >= 4 is 5.69 Å². The molecule has 2 aliphatic heterocycles. The lowest BCUT2D eigenvalue weighted by molar-refractivity contribution is 0.0894. The number of fused-ring (bicyclic) bond motifs is 1. The lowest BCUT2D eigenvalue weighted by atomic mass is 9.82. The summed E-state index contributed by atoms with van der Waals surface area (Å²) in [4.78, 5) is 2.59. The average molecular weight is 324 g/mol. The third-order valence-corrected chi connectivity index (χ3v) is 5.63. The minimum atomic E-state index is -0.0402. The summed E-state index contributed by atoms with van der Waals surface area (Å²) in [5.74, 6) is 0.308. The van der Waals surface area contributed by atoms with Crippen molar-refractivity contribution < 1.29 is 4.39 Å².